The maximum absolute atomic E-state index is 9.06. The standard InChI is InChI=1S/C18H16N4O2/c1-11-4-6-16-18(20-10-24-16)17(11)22-12(2)21-14-8-13(9-19)5-7-15(14)23-3/h4-8,10H,1-3H3,(H,21,22). The molecule has 0 unspecified atom stereocenters. The maximum atomic E-state index is 9.06. The number of methoxy groups -OCH3 is 1. The number of ether oxygens (including phenoxy) is 1. The molecule has 3 rings (SSSR count). The minimum absolute atomic E-state index is 0.542. The molecule has 0 fully saturated rings. The average molecular weight is 320 g/mol. The third-order valence-corrected chi connectivity index (χ3v) is 3.60. The SMILES string of the molecule is COc1ccc(C#N)cc1NC(C)=Nc1c(C)ccc2ocnc12. The molecule has 0 aliphatic heterocycles. The second-order valence-corrected chi connectivity index (χ2v) is 5.28. The topological polar surface area (TPSA) is 83.4 Å². The normalized spacial score (nSPS) is 11.3. The molecule has 0 bridgehead atoms. The Morgan fingerprint density at radius 2 is 2.17 bits per heavy atom. The van der Waals surface area contributed by atoms with Crippen LogP contribution in [-0.2, 0) is 0 Å². The van der Waals surface area contributed by atoms with E-state index >= 15 is 0 Å². The first kappa shape index (κ1) is 15.6. The zero-order chi connectivity index (χ0) is 17.1. The van der Waals surface area contributed by atoms with E-state index in [2.05, 4.69) is 21.4 Å². The fourth-order valence-corrected chi connectivity index (χ4v) is 2.42. The van der Waals surface area contributed by atoms with E-state index in [1.807, 2.05) is 26.0 Å². The number of nitrogens with zero attached hydrogens (tertiary/aromatic N) is 3. The Balaban J connectivity index is 1.99. The first-order valence-electron chi connectivity index (χ1n) is 7.35. The number of hydrogen-bond donors (Lipinski definition) is 1. The summed E-state index contributed by atoms with van der Waals surface area (Å²) in [6.07, 6.45) is 1.41. The van der Waals surface area contributed by atoms with E-state index in [1.54, 1.807) is 25.3 Å². The lowest BCUT2D eigenvalue weighted by Crippen LogP contribution is -2.08. The molecule has 1 heterocycles. The van der Waals surface area contributed by atoms with Gasteiger partial charge in [0.15, 0.2) is 12.0 Å². The first-order valence-corrected chi connectivity index (χ1v) is 7.35. The number of nitriles is 1. The van der Waals surface area contributed by atoms with Crippen molar-refractivity contribution in [3.05, 3.63) is 47.9 Å². The smallest absolute Gasteiger partial charge is 0.182 e. The fraction of sp³-hybridized carbons (Fsp3) is 0.167. The summed E-state index contributed by atoms with van der Waals surface area (Å²) < 4.78 is 10.6. The molecule has 0 aliphatic carbocycles. The van der Waals surface area contributed by atoms with E-state index in [0.717, 1.165) is 11.3 Å². The van der Waals surface area contributed by atoms with Crippen LogP contribution in [0, 0.1) is 18.3 Å². The number of amidine groups is 1. The van der Waals surface area contributed by atoms with Crippen molar-refractivity contribution in [2.75, 3.05) is 12.4 Å². The second kappa shape index (κ2) is 6.42. The van der Waals surface area contributed by atoms with Gasteiger partial charge in [0.2, 0.25) is 0 Å². The van der Waals surface area contributed by atoms with Crippen LogP contribution in [0.2, 0.25) is 0 Å². The van der Waals surface area contributed by atoms with Crippen molar-refractivity contribution < 1.29 is 9.15 Å². The third kappa shape index (κ3) is 2.92. The monoisotopic (exact) mass is 320 g/mol. The summed E-state index contributed by atoms with van der Waals surface area (Å²) in [7, 11) is 1.58. The van der Waals surface area contributed by atoms with Crippen molar-refractivity contribution in [1.82, 2.24) is 4.98 Å². The number of fused-ring (bicyclic) bond motifs is 1. The van der Waals surface area contributed by atoms with Crippen molar-refractivity contribution in [3.8, 4) is 11.8 Å². The predicted molar refractivity (Wildman–Crippen MR) is 92.8 cm³/mol. The van der Waals surface area contributed by atoms with Crippen LogP contribution in [0.5, 0.6) is 5.75 Å². The Labute approximate surface area is 139 Å². The van der Waals surface area contributed by atoms with Crippen molar-refractivity contribution in [1.29, 1.82) is 5.26 Å². The summed E-state index contributed by atoms with van der Waals surface area (Å²) in [6.45, 7) is 3.81. The number of aromatic nitrogens is 1. The van der Waals surface area contributed by atoms with E-state index in [4.69, 9.17) is 14.4 Å². The zero-order valence-corrected chi connectivity index (χ0v) is 13.6. The van der Waals surface area contributed by atoms with Crippen LogP contribution in [0.4, 0.5) is 11.4 Å². The lowest BCUT2D eigenvalue weighted by molar-refractivity contribution is 0.417. The highest BCUT2D eigenvalue weighted by Crippen LogP contribution is 2.30. The van der Waals surface area contributed by atoms with Crippen molar-refractivity contribution in [3.63, 3.8) is 0 Å². The van der Waals surface area contributed by atoms with Crippen LogP contribution in [0.25, 0.3) is 11.1 Å². The molecule has 0 amide bonds. The lowest BCUT2D eigenvalue weighted by Gasteiger charge is -2.11. The highest BCUT2D eigenvalue weighted by molar-refractivity contribution is 5.99. The molecule has 120 valence electrons. The van der Waals surface area contributed by atoms with Gasteiger partial charge in [0, 0.05) is 0 Å². The molecule has 0 radical (unpaired) electrons. The van der Waals surface area contributed by atoms with E-state index in [1.165, 1.54) is 6.39 Å². The largest absolute Gasteiger partial charge is 0.495 e. The highest BCUT2D eigenvalue weighted by atomic mass is 16.5. The van der Waals surface area contributed by atoms with Crippen LogP contribution in [0.15, 0.2) is 46.1 Å². The minimum atomic E-state index is 0.542. The second-order valence-electron chi connectivity index (χ2n) is 5.28. The molecule has 2 aromatic carbocycles. The summed E-state index contributed by atoms with van der Waals surface area (Å²) >= 11 is 0. The maximum Gasteiger partial charge on any atom is 0.182 e. The molecule has 1 aromatic heterocycles. The molecular formula is C18H16N4O2. The molecule has 0 saturated carbocycles. The van der Waals surface area contributed by atoms with Crippen LogP contribution < -0.4 is 10.1 Å². The van der Waals surface area contributed by atoms with Crippen LogP contribution in [-0.4, -0.2) is 17.9 Å². The molecule has 0 aliphatic rings. The van der Waals surface area contributed by atoms with Gasteiger partial charge < -0.3 is 14.5 Å². The number of oxazole rings is 1. The van der Waals surface area contributed by atoms with E-state index in [-0.39, 0.29) is 0 Å². The molecule has 3 aromatic rings. The molecule has 6 nitrogen and oxygen atoms in total. The number of rotatable bonds is 3. The Bertz CT molecular complexity index is 967. The van der Waals surface area contributed by atoms with E-state index in [0.29, 0.717) is 33.9 Å². The van der Waals surface area contributed by atoms with Gasteiger partial charge in [-0.15, -0.1) is 0 Å². The molecule has 0 spiro atoms. The van der Waals surface area contributed by atoms with E-state index < -0.39 is 0 Å². The van der Waals surface area contributed by atoms with E-state index in [9.17, 15) is 0 Å². The fourth-order valence-electron chi connectivity index (χ4n) is 2.42. The minimum Gasteiger partial charge on any atom is -0.495 e. The number of nitrogens with one attached hydrogen (secondary N) is 1. The van der Waals surface area contributed by atoms with Gasteiger partial charge >= 0.3 is 0 Å². The van der Waals surface area contributed by atoms with Crippen molar-refractivity contribution >= 4 is 28.3 Å². The van der Waals surface area contributed by atoms with Gasteiger partial charge in [-0.25, -0.2) is 9.98 Å². The van der Waals surface area contributed by atoms with Gasteiger partial charge in [0.25, 0.3) is 0 Å². The summed E-state index contributed by atoms with van der Waals surface area (Å²) in [4.78, 5) is 8.86. The van der Waals surface area contributed by atoms with Crippen LogP contribution in [0.1, 0.15) is 18.1 Å². The number of hydrogen-bond acceptors (Lipinski definition) is 5. The Kier molecular flexibility index (Phi) is 4.17. The molecule has 24 heavy (non-hydrogen) atoms. The average Bonchev–Trinajstić information content (AvgIpc) is 3.06. The number of benzene rings is 2. The summed E-state index contributed by atoms with van der Waals surface area (Å²) in [5, 5.41) is 12.2. The Hall–Kier alpha value is -3.33. The number of aryl methyl sites for hydroxylation is 1. The first-order chi connectivity index (χ1) is 11.6. The van der Waals surface area contributed by atoms with Gasteiger partial charge in [-0.3, -0.25) is 0 Å². The Morgan fingerprint density at radius 1 is 1.33 bits per heavy atom. The predicted octanol–water partition coefficient (Wildman–Crippen LogP) is 4.18. The zero-order valence-electron chi connectivity index (χ0n) is 13.6. The third-order valence-electron chi connectivity index (χ3n) is 3.60. The quantitative estimate of drug-likeness (QED) is 0.578. The van der Waals surface area contributed by atoms with Crippen LogP contribution in [0.3, 0.4) is 0 Å². The number of aliphatic imine (C=N–C) groups is 1. The summed E-state index contributed by atoms with van der Waals surface area (Å²) in [5.74, 6) is 1.29. The van der Waals surface area contributed by atoms with Gasteiger partial charge in [-0.05, 0) is 43.7 Å². The Morgan fingerprint density at radius 3 is 2.92 bits per heavy atom. The van der Waals surface area contributed by atoms with Crippen molar-refractivity contribution in [2.24, 2.45) is 4.99 Å². The molecular weight excluding hydrogens is 304 g/mol. The molecule has 1 N–H and O–H groups in total. The lowest BCUT2D eigenvalue weighted by atomic mass is 10.2. The molecule has 0 atom stereocenters. The molecule has 6 heteroatoms. The summed E-state index contributed by atoms with van der Waals surface area (Å²) in [5.41, 5.74) is 4.38. The van der Waals surface area contributed by atoms with Crippen LogP contribution >= 0.6 is 0 Å². The van der Waals surface area contributed by atoms with Gasteiger partial charge in [0.1, 0.15) is 17.1 Å². The van der Waals surface area contributed by atoms with Gasteiger partial charge in [-0.2, -0.15) is 5.26 Å². The highest BCUT2D eigenvalue weighted by Gasteiger charge is 2.10. The van der Waals surface area contributed by atoms with Gasteiger partial charge in [-0.1, -0.05) is 6.07 Å². The van der Waals surface area contributed by atoms with Crippen molar-refractivity contribution in [2.45, 2.75) is 13.8 Å². The van der Waals surface area contributed by atoms with Gasteiger partial charge in [0.05, 0.1) is 30.1 Å². The summed E-state index contributed by atoms with van der Waals surface area (Å²) in [6, 6.07) is 11.1. The number of anilines is 1. The molecule has 0 saturated heterocycles.